The zero-order valence-electron chi connectivity index (χ0n) is 21.4. The third-order valence-corrected chi connectivity index (χ3v) is 9.38. The third kappa shape index (κ3) is 3.33. The summed E-state index contributed by atoms with van der Waals surface area (Å²) in [6, 6.07) is 19.9. The van der Waals surface area contributed by atoms with Gasteiger partial charge in [-0.15, -0.1) is 0 Å². The lowest BCUT2D eigenvalue weighted by molar-refractivity contribution is 0.527. The summed E-state index contributed by atoms with van der Waals surface area (Å²) in [4.78, 5) is 5.27. The lowest BCUT2D eigenvalue weighted by atomic mass is 9.83. The van der Waals surface area contributed by atoms with Crippen molar-refractivity contribution in [1.82, 2.24) is 0 Å². The summed E-state index contributed by atoms with van der Waals surface area (Å²) in [5, 5.41) is 0. The van der Waals surface area contributed by atoms with Gasteiger partial charge in [0.25, 0.3) is 0 Å². The maximum absolute atomic E-state index is 2.64. The van der Waals surface area contributed by atoms with Crippen LogP contribution < -0.4 is 9.80 Å². The van der Waals surface area contributed by atoms with E-state index in [4.69, 9.17) is 0 Å². The Labute approximate surface area is 225 Å². The SMILES string of the molecule is C1=CC2C3C=CC=CC3N(c3cccc(-c4cccc(N5C6C=CC=CC6C6C=CC=CC65)c4)c3)C2C=C1. The van der Waals surface area contributed by atoms with Crippen molar-refractivity contribution < 1.29 is 0 Å². The normalized spacial score (nSPS) is 34.9. The molecular formula is C36H32N2. The molecule has 0 N–H and O–H groups in total. The molecule has 8 unspecified atom stereocenters. The lowest BCUT2D eigenvalue weighted by Crippen LogP contribution is -2.36. The topological polar surface area (TPSA) is 6.48 Å². The van der Waals surface area contributed by atoms with E-state index >= 15 is 0 Å². The number of nitrogens with zero attached hydrogens (tertiary/aromatic N) is 2. The van der Waals surface area contributed by atoms with E-state index in [9.17, 15) is 0 Å². The van der Waals surface area contributed by atoms with E-state index in [-0.39, 0.29) is 0 Å². The highest BCUT2D eigenvalue weighted by Crippen LogP contribution is 2.46. The molecule has 2 heteroatoms. The molecule has 186 valence electrons. The van der Waals surface area contributed by atoms with Gasteiger partial charge in [0, 0.05) is 35.0 Å². The van der Waals surface area contributed by atoms with E-state index in [1.54, 1.807) is 0 Å². The third-order valence-electron chi connectivity index (χ3n) is 9.38. The van der Waals surface area contributed by atoms with Gasteiger partial charge in [0.2, 0.25) is 0 Å². The summed E-state index contributed by atoms with van der Waals surface area (Å²) in [6.45, 7) is 0. The van der Waals surface area contributed by atoms with Gasteiger partial charge in [-0.2, -0.15) is 0 Å². The Kier molecular flexibility index (Phi) is 5.07. The predicted octanol–water partition coefficient (Wildman–Crippen LogP) is 7.44. The van der Waals surface area contributed by atoms with Crippen molar-refractivity contribution in [3.05, 3.63) is 146 Å². The fourth-order valence-electron chi connectivity index (χ4n) is 7.77. The molecule has 0 aromatic heterocycles. The number of anilines is 2. The van der Waals surface area contributed by atoms with E-state index in [2.05, 4.69) is 156 Å². The van der Waals surface area contributed by atoms with Crippen LogP contribution in [0.25, 0.3) is 11.1 Å². The van der Waals surface area contributed by atoms with Crippen LogP contribution >= 0.6 is 0 Å². The van der Waals surface area contributed by atoms with Crippen molar-refractivity contribution in [2.45, 2.75) is 24.2 Å². The van der Waals surface area contributed by atoms with Gasteiger partial charge in [-0.3, -0.25) is 0 Å². The van der Waals surface area contributed by atoms with Crippen LogP contribution in [0.4, 0.5) is 11.4 Å². The minimum absolute atomic E-state index is 0.389. The number of rotatable bonds is 3. The molecule has 0 bridgehead atoms. The van der Waals surface area contributed by atoms with E-state index in [0.717, 1.165) is 0 Å². The number of benzene rings is 2. The van der Waals surface area contributed by atoms with Crippen molar-refractivity contribution in [2.75, 3.05) is 9.80 Å². The van der Waals surface area contributed by atoms with Crippen LogP contribution in [-0.4, -0.2) is 24.2 Å². The molecule has 2 aromatic rings. The van der Waals surface area contributed by atoms with E-state index in [1.807, 2.05) is 0 Å². The second-order valence-corrected chi connectivity index (χ2v) is 11.3. The van der Waals surface area contributed by atoms with Crippen LogP contribution in [0.15, 0.2) is 146 Å². The Hall–Kier alpha value is -4.04. The standard InChI is InChI=1S/C36H32N2/c1-5-19-33-29(15-1)30-16-2-6-20-34(30)37(33)27-13-9-11-25(23-27)26-12-10-14-28(24-26)38-35-21-7-3-17-31(35)32-18-4-8-22-36(32)38/h1-24,29-36H. The number of hydrogen-bond donors (Lipinski definition) is 0. The summed E-state index contributed by atoms with van der Waals surface area (Å²) in [5.41, 5.74) is 5.16. The van der Waals surface area contributed by atoms with Crippen LogP contribution in [0.5, 0.6) is 0 Å². The quantitative estimate of drug-likeness (QED) is 0.439. The van der Waals surface area contributed by atoms with Crippen LogP contribution in [0.1, 0.15) is 0 Å². The van der Waals surface area contributed by atoms with Crippen LogP contribution in [0, 0.1) is 23.7 Å². The average molecular weight is 493 g/mol. The maximum Gasteiger partial charge on any atom is 0.0551 e. The van der Waals surface area contributed by atoms with Crippen molar-refractivity contribution >= 4 is 11.4 Å². The zero-order valence-corrected chi connectivity index (χ0v) is 21.4. The van der Waals surface area contributed by atoms with Crippen molar-refractivity contribution in [3.8, 4) is 11.1 Å². The van der Waals surface area contributed by atoms with Gasteiger partial charge in [0.05, 0.1) is 24.2 Å². The summed E-state index contributed by atoms with van der Waals surface area (Å²) in [5.74, 6) is 2.07. The van der Waals surface area contributed by atoms with Gasteiger partial charge in [-0.25, -0.2) is 0 Å². The van der Waals surface area contributed by atoms with Crippen LogP contribution in [0.2, 0.25) is 0 Å². The molecule has 6 aliphatic rings. The highest BCUT2D eigenvalue weighted by Gasteiger charge is 2.46. The molecule has 2 nitrogen and oxygen atoms in total. The first-order valence-corrected chi connectivity index (χ1v) is 14.0. The molecule has 8 atom stereocenters. The molecule has 2 aliphatic heterocycles. The minimum Gasteiger partial charge on any atom is -0.357 e. The molecule has 2 heterocycles. The highest BCUT2D eigenvalue weighted by molar-refractivity contribution is 5.74. The number of fused-ring (bicyclic) bond motifs is 6. The van der Waals surface area contributed by atoms with Gasteiger partial charge in [0.15, 0.2) is 0 Å². The first kappa shape index (κ1) is 22.0. The van der Waals surface area contributed by atoms with Crippen molar-refractivity contribution in [1.29, 1.82) is 0 Å². The predicted molar refractivity (Wildman–Crippen MR) is 159 cm³/mol. The Bertz CT molecular complexity index is 1320. The summed E-state index contributed by atoms with van der Waals surface area (Å²) in [6.07, 6.45) is 36.9. The molecule has 0 radical (unpaired) electrons. The van der Waals surface area contributed by atoms with Crippen molar-refractivity contribution in [3.63, 3.8) is 0 Å². The Morgan fingerprint density at radius 2 is 0.684 bits per heavy atom. The Morgan fingerprint density at radius 1 is 0.368 bits per heavy atom. The fourth-order valence-corrected chi connectivity index (χ4v) is 7.77. The molecule has 4 aliphatic carbocycles. The zero-order chi connectivity index (χ0) is 25.1. The fraction of sp³-hybridized carbons (Fsp3) is 0.222. The van der Waals surface area contributed by atoms with E-state index < -0.39 is 0 Å². The van der Waals surface area contributed by atoms with Gasteiger partial charge < -0.3 is 9.80 Å². The molecule has 0 amide bonds. The van der Waals surface area contributed by atoms with Gasteiger partial charge in [0.1, 0.15) is 0 Å². The number of hydrogen-bond acceptors (Lipinski definition) is 2. The first-order valence-electron chi connectivity index (χ1n) is 14.0. The van der Waals surface area contributed by atoms with Gasteiger partial charge in [-0.1, -0.05) is 121 Å². The second kappa shape index (κ2) is 8.77. The average Bonchev–Trinajstić information content (AvgIpc) is 3.51. The molecule has 2 saturated heterocycles. The largest absolute Gasteiger partial charge is 0.357 e. The summed E-state index contributed by atoms with van der Waals surface area (Å²) < 4.78 is 0. The monoisotopic (exact) mass is 492 g/mol. The van der Waals surface area contributed by atoms with Crippen molar-refractivity contribution in [2.24, 2.45) is 23.7 Å². The highest BCUT2D eigenvalue weighted by atomic mass is 15.2. The molecule has 0 saturated carbocycles. The molecule has 38 heavy (non-hydrogen) atoms. The van der Waals surface area contributed by atoms with Crippen LogP contribution in [0.3, 0.4) is 0 Å². The molecule has 2 fully saturated rings. The van der Waals surface area contributed by atoms with E-state index in [0.29, 0.717) is 47.8 Å². The Balaban J connectivity index is 1.16. The van der Waals surface area contributed by atoms with Gasteiger partial charge >= 0.3 is 0 Å². The second-order valence-electron chi connectivity index (χ2n) is 11.3. The first-order chi connectivity index (χ1) is 18.9. The van der Waals surface area contributed by atoms with Crippen LogP contribution in [-0.2, 0) is 0 Å². The number of allylic oxidation sites excluding steroid dienone is 8. The van der Waals surface area contributed by atoms with Gasteiger partial charge in [-0.05, 0) is 35.4 Å². The van der Waals surface area contributed by atoms with E-state index in [1.165, 1.54) is 22.5 Å². The minimum atomic E-state index is 0.389. The molecule has 8 rings (SSSR count). The molecule has 2 aromatic carbocycles. The molecular weight excluding hydrogens is 460 g/mol. The lowest BCUT2D eigenvalue weighted by Gasteiger charge is -2.33. The summed E-state index contributed by atoms with van der Waals surface area (Å²) >= 11 is 0. The smallest absolute Gasteiger partial charge is 0.0551 e. The molecule has 0 spiro atoms. The Morgan fingerprint density at radius 3 is 1.03 bits per heavy atom. The maximum atomic E-state index is 2.64. The summed E-state index contributed by atoms with van der Waals surface area (Å²) in [7, 11) is 0.